The summed E-state index contributed by atoms with van der Waals surface area (Å²) in [6.07, 6.45) is 3.48. The number of rotatable bonds is 0. The quantitative estimate of drug-likeness (QED) is 0.610. The van der Waals surface area contributed by atoms with Crippen molar-refractivity contribution in [2.75, 3.05) is 0 Å². The molecule has 0 aromatic heterocycles. The van der Waals surface area contributed by atoms with Gasteiger partial charge in [-0.3, -0.25) is 0 Å². The Kier molecular flexibility index (Phi) is 2.53. The van der Waals surface area contributed by atoms with Crippen molar-refractivity contribution in [1.82, 2.24) is 0 Å². The molecule has 2 rings (SSSR count). The number of benzene rings is 1. The summed E-state index contributed by atoms with van der Waals surface area (Å²) < 4.78 is 0. The highest BCUT2D eigenvalue weighted by molar-refractivity contribution is 6.35. The van der Waals surface area contributed by atoms with Crippen LogP contribution in [-0.2, 0) is 12.8 Å². The van der Waals surface area contributed by atoms with Gasteiger partial charge in [0, 0.05) is 10.0 Å². The first-order chi connectivity index (χ1) is 6.16. The van der Waals surface area contributed by atoms with E-state index in [-0.39, 0.29) is 0 Å². The lowest BCUT2D eigenvalue weighted by Crippen LogP contribution is -2.11. The number of halogens is 2. The molecule has 1 aromatic rings. The van der Waals surface area contributed by atoms with Crippen LogP contribution in [0.25, 0.3) is 0 Å². The van der Waals surface area contributed by atoms with Crippen molar-refractivity contribution in [3.05, 3.63) is 33.3 Å². The van der Waals surface area contributed by atoms with Crippen LogP contribution in [0.5, 0.6) is 0 Å². The maximum atomic E-state index is 6.13. The summed E-state index contributed by atoms with van der Waals surface area (Å²) in [5, 5.41) is 1.60. The van der Waals surface area contributed by atoms with Crippen molar-refractivity contribution in [2.24, 2.45) is 5.92 Å². The van der Waals surface area contributed by atoms with E-state index in [2.05, 4.69) is 13.0 Å². The van der Waals surface area contributed by atoms with E-state index in [0.29, 0.717) is 0 Å². The second kappa shape index (κ2) is 3.51. The molecule has 0 N–H and O–H groups in total. The largest absolute Gasteiger partial charge is 0.0843 e. The minimum absolute atomic E-state index is 0.756. The molecule has 1 aliphatic carbocycles. The number of hydrogen-bond acceptors (Lipinski definition) is 0. The lowest BCUT2D eigenvalue weighted by molar-refractivity contribution is 0.501. The summed E-state index contributed by atoms with van der Waals surface area (Å²) in [6, 6.07) is 3.90. The van der Waals surface area contributed by atoms with E-state index in [1.807, 2.05) is 6.07 Å². The maximum absolute atomic E-state index is 6.13. The number of fused-ring (bicyclic) bond motifs is 1. The Morgan fingerprint density at radius 2 is 2.08 bits per heavy atom. The molecule has 0 spiro atoms. The monoisotopic (exact) mass is 214 g/mol. The molecule has 2 heteroatoms. The van der Waals surface area contributed by atoms with E-state index in [0.717, 1.165) is 28.8 Å². The molecule has 1 atom stereocenters. The minimum Gasteiger partial charge on any atom is -0.0843 e. The van der Waals surface area contributed by atoms with Crippen LogP contribution in [0.4, 0.5) is 0 Å². The third-order valence-electron chi connectivity index (χ3n) is 2.71. The van der Waals surface area contributed by atoms with Crippen LogP contribution in [0.3, 0.4) is 0 Å². The van der Waals surface area contributed by atoms with Crippen LogP contribution in [0.2, 0.25) is 10.0 Å². The van der Waals surface area contributed by atoms with Crippen molar-refractivity contribution >= 4 is 23.2 Å². The van der Waals surface area contributed by atoms with Gasteiger partial charge in [0.2, 0.25) is 0 Å². The van der Waals surface area contributed by atoms with Gasteiger partial charge >= 0.3 is 0 Å². The molecule has 0 amide bonds. The van der Waals surface area contributed by atoms with Gasteiger partial charge in [-0.25, -0.2) is 0 Å². The Hall–Kier alpha value is -0.200. The predicted octanol–water partition coefficient (Wildman–Crippen LogP) is 4.12. The van der Waals surface area contributed by atoms with E-state index in [1.165, 1.54) is 17.5 Å². The van der Waals surface area contributed by atoms with Crippen LogP contribution in [0, 0.1) is 5.92 Å². The van der Waals surface area contributed by atoms with Crippen molar-refractivity contribution in [1.29, 1.82) is 0 Å². The first-order valence-electron chi connectivity index (χ1n) is 4.63. The summed E-state index contributed by atoms with van der Waals surface area (Å²) >= 11 is 12.1. The standard InChI is InChI=1S/C11H12Cl2/c1-7-2-3-8-5-9(12)6-11(13)10(8)4-7/h5-7H,2-4H2,1H3. The van der Waals surface area contributed by atoms with Crippen LogP contribution in [0.1, 0.15) is 24.5 Å². The summed E-state index contributed by atoms with van der Waals surface area (Å²) in [4.78, 5) is 0. The minimum atomic E-state index is 0.756. The Morgan fingerprint density at radius 1 is 1.31 bits per heavy atom. The fourth-order valence-electron chi connectivity index (χ4n) is 1.96. The van der Waals surface area contributed by atoms with Crippen LogP contribution in [0.15, 0.2) is 12.1 Å². The highest BCUT2D eigenvalue weighted by Crippen LogP contribution is 2.33. The molecule has 0 bridgehead atoms. The second-order valence-corrected chi connectivity index (χ2v) is 4.72. The van der Waals surface area contributed by atoms with Gasteiger partial charge in [0.15, 0.2) is 0 Å². The normalized spacial score (nSPS) is 21.3. The Bertz CT molecular complexity index is 331. The van der Waals surface area contributed by atoms with Crippen molar-refractivity contribution < 1.29 is 0 Å². The fraction of sp³-hybridized carbons (Fsp3) is 0.455. The van der Waals surface area contributed by atoms with Crippen LogP contribution < -0.4 is 0 Å². The molecular weight excluding hydrogens is 203 g/mol. The molecule has 0 aliphatic heterocycles. The Labute approximate surface area is 88.9 Å². The summed E-state index contributed by atoms with van der Waals surface area (Å²) in [5.41, 5.74) is 2.65. The zero-order chi connectivity index (χ0) is 9.42. The van der Waals surface area contributed by atoms with Crippen LogP contribution >= 0.6 is 23.2 Å². The average Bonchev–Trinajstić information content (AvgIpc) is 2.06. The molecule has 0 heterocycles. The van der Waals surface area contributed by atoms with E-state index in [1.54, 1.807) is 0 Å². The first kappa shape index (κ1) is 9.36. The molecule has 0 radical (unpaired) electrons. The lowest BCUT2D eigenvalue weighted by Gasteiger charge is -2.22. The van der Waals surface area contributed by atoms with E-state index < -0.39 is 0 Å². The highest BCUT2D eigenvalue weighted by Gasteiger charge is 2.17. The fourth-order valence-corrected chi connectivity index (χ4v) is 2.57. The summed E-state index contributed by atoms with van der Waals surface area (Å²) in [7, 11) is 0. The zero-order valence-electron chi connectivity index (χ0n) is 7.61. The molecular formula is C11H12Cl2. The third kappa shape index (κ3) is 1.84. The smallest absolute Gasteiger partial charge is 0.0455 e. The molecule has 70 valence electrons. The zero-order valence-corrected chi connectivity index (χ0v) is 9.12. The topological polar surface area (TPSA) is 0 Å². The predicted molar refractivity (Wildman–Crippen MR) is 57.7 cm³/mol. The van der Waals surface area contributed by atoms with Gasteiger partial charge in [0.25, 0.3) is 0 Å². The summed E-state index contributed by atoms with van der Waals surface area (Å²) in [6.45, 7) is 2.27. The van der Waals surface area contributed by atoms with Gasteiger partial charge in [-0.05, 0) is 48.4 Å². The van der Waals surface area contributed by atoms with Gasteiger partial charge < -0.3 is 0 Å². The molecule has 1 aromatic carbocycles. The second-order valence-electron chi connectivity index (χ2n) is 3.87. The Balaban J connectivity index is 2.47. The van der Waals surface area contributed by atoms with E-state index in [9.17, 15) is 0 Å². The van der Waals surface area contributed by atoms with Gasteiger partial charge in [0.05, 0.1) is 0 Å². The summed E-state index contributed by atoms with van der Waals surface area (Å²) in [5.74, 6) is 0.756. The van der Waals surface area contributed by atoms with E-state index >= 15 is 0 Å². The number of hydrogen-bond donors (Lipinski definition) is 0. The molecule has 0 saturated carbocycles. The molecule has 13 heavy (non-hydrogen) atoms. The molecule has 0 fully saturated rings. The molecule has 0 nitrogen and oxygen atoms in total. The third-order valence-corrected chi connectivity index (χ3v) is 3.27. The lowest BCUT2D eigenvalue weighted by atomic mass is 9.85. The van der Waals surface area contributed by atoms with Gasteiger partial charge in [-0.1, -0.05) is 30.1 Å². The van der Waals surface area contributed by atoms with Crippen molar-refractivity contribution in [3.8, 4) is 0 Å². The van der Waals surface area contributed by atoms with E-state index in [4.69, 9.17) is 23.2 Å². The van der Waals surface area contributed by atoms with Gasteiger partial charge in [-0.15, -0.1) is 0 Å². The number of aryl methyl sites for hydroxylation is 1. The van der Waals surface area contributed by atoms with Crippen molar-refractivity contribution in [3.63, 3.8) is 0 Å². The van der Waals surface area contributed by atoms with Gasteiger partial charge in [0.1, 0.15) is 0 Å². The average molecular weight is 215 g/mol. The maximum Gasteiger partial charge on any atom is 0.0455 e. The molecule has 0 saturated heterocycles. The highest BCUT2D eigenvalue weighted by atomic mass is 35.5. The molecule has 1 unspecified atom stereocenters. The SMILES string of the molecule is CC1CCc2cc(Cl)cc(Cl)c2C1. The van der Waals surface area contributed by atoms with Crippen molar-refractivity contribution in [2.45, 2.75) is 26.2 Å². The van der Waals surface area contributed by atoms with Gasteiger partial charge in [-0.2, -0.15) is 0 Å². The Morgan fingerprint density at radius 3 is 2.85 bits per heavy atom. The first-order valence-corrected chi connectivity index (χ1v) is 5.39. The molecule has 1 aliphatic rings. The van der Waals surface area contributed by atoms with Crippen LogP contribution in [-0.4, -0.2) is 0 Å².